The van der Waals surface area contributed by atoms with Crippen LogP contribution in [-0.2, 0) is 14.8 Å². The minimum atomic E-state index is -3.41. The van der Waals surface area contributed by atoms with E-state index in [1.165, 1.54) is 10.6 Å². The number of benzene rings is 2. The molecule has 29 heavy (non-hydrogen) atoms. The summed E-state index contributed by atoms with van der Waals surface area (Å²) in [5.74, 6) is 1.31. The van der Waals surface area contributed by atoms with Crippen molar-refractivity contribution >= 4 is 21.6 Å². The van der Waals surface area contributed by atoms with Crippen molar-refractivity contribution in [1.82, 2.24) is 5.32 Å². The molecule has 0 aliphatic heterocycles. The summed E-state index contributed by atoms with van der Waals surface area (Å²) in [4.78, 5) is 12.0. The minimum absolute atomic E-state index is 0.138. The molecule has 0 saturated heterocycles. The number of nitrogens with zero attached hydrogens (tertiary/aromatic N) is 1. The Bertz CT molecular complexity index is 880. The van der Waals surface area contributed by atoms with Gasteiger partial charge in [-0.25, -0.2) is 8.42 Å². The lowest BCUT2D eigenvalue weighted by Crippen LogP contribution is -2.32. The number of amides is 1. The lowest BCUT2D eigenvalue weighted by molar-refractivity contribution is -0.121. The van der Waals surface area contributed by atoms with E-state index in [9.17, 15) is 13.2 Å². The van der Waals surface area contributed by atoms with E-state index in [-0.39, 0.29) is 18.9 Å². The van der Waals surface area contributed by atoms with Crippen LogP contribution >= 0.6 is 0 Å². The van der Waals surface area contributed by atoms with Crippen LogP contribution in [0.1, 0.15) is 18.4 Å². The Morgan fingerprint density at radius 2 is 1.66 bits per heavy atom. The van der Waals surface area contributed by atoms with Gasteiger partial charge >= 0.3 is 0 Å². The number of hydrogen-bond acceptors (Lipinski definition) is 5. The Kier molecular flexibility index (Phi) is 8.33. The van der Waals surface area contributed by atoms with Gasteiger partial charge in [0.2, 0.25) is 15.9 Å². The predicted octanol–water partition coefficient (Wildman–Crippen LogP) is 2.75. The molecular formula is C21H28N2O5S. The fourth-order valence-corrected chi connectivity index (χ4v) is 3.67. The van der Waals surface area contributed by atoms with Gasteiger partial charge in [-0.1, -0.05) is 17.7 Å². The van der Waals surface area contributed by atoms with Gasteiger partial charge in [0, 0.05) is 13.0 Å². The zero-order chi connectivity index (χ0) is 21.3. The molecule has 0 aliphatic carbocycles. The molecule has 0 spiro atoms. The third kappa shape index (κ3) is 7.65. The predicted molar refractivity (Wildman–Crippen MR) is 114 cm³/mol. The summed E-state index contributed by atoms with van der Waals surface area (Å²) in [7, 11) is -1.81. The molecule has 158 valence electrons. The maximum atomic E-state index is 12.1. The maximum Gasteiger partial charge on any atom is 0.232 e. The Hall–Kier alpha value is -2.74. The Morgan fingerprint density at radius 3 is 2.24 bits per heavy atom. The second-order valence-corrected chi connectivity index (χ2v) is 8.55. The van der Waals surface area contributed by atoms with Crippen molar-refractivity contribution in [1.29, 1.82) is 0 Å². The van der Waals surface area contributed by atoms with Crippen LogP contribution in [-0.4, -0.2) is 47.4 Å². The first kappa shape index (κ1) is 22.5. The first-order valence-electron chi connectivity index (χ1n) is 9.37. The van der Waals surface area contributed by atoms with E-state index < -0.39 is 10.0 Å². The van der Waals surface area contributed by atoms with E-state index in [4.69, 9.17) is 9.47 Å². The SMILES string of the molecule is COc1ccc(OCCNC(=O)CCCN(c2ccc(C)cc2)S(C)(=O)=O)cc1. The second kappa shape index (κ2) is 10.7. The average Bonchev–Trinajstić information content (AvgIpc) is 2.69. The molecule has 0 fully saturated rings. The Balaban J connectivity index is 1.72. The molecule has 2 aromatic rings. The van der Waals surface area contributed by atoms with Crippen LogP contribution in [0.4, 0.5) is 5.69 Å². The molecule has 8 heteroatoms. The van der Waals surface area contributed by atoms with Crippen molar-refractivity contribution in [2.45, 2.75) is 19.8 Å². The van der Waals surface area contributed by atoms with Crippen LogP contribution in [0.5, 0.6) is 11.5 Å². The summed E-state index contributed by atoms with van der Waals surface area (Å²) in [6, 6.07) is 14.5. The van der Waals surface area contributed by atoms with E-state index in [1.54, 1.807) is 43.5 Å². The largest absolute Gasteiger partial charge is 0.497 e. The van der Waals surface area contributed by atoms with E-state index in [2.05, 4.69) is 5.32 Å². The lowest BCUT2D eigenvalue weighted by Gasteiger charge is -2.22. The molecule has 2 rings (SSSR count). The van der Waals surface area contributed by atoms with Gasteiger partial charge in [-0.2, -0.15) is 0 Å². The zero-order valence-electron chi connectivity index (χ0n) is 17.1. The van der Waals surface area contributed by atoms with Crippen LogP contribution < -0.4 is 19.1 Å². The summed E-state index contributed by atoms with van der Waals surface area (Å²) >= 11 is 0. The molecular weight excluding hydrogens is 392 g/mol. The summed E-state index contributed by atoms with van der Waals surface area (Å²) in [6.45, 7) is 2.91. The van der Waals surface area contributed by atoms with Gasteiger partial charge in [0.05, 0.1) is 25.6 Å². The highest BCUT2D eigenvalue weighted by molar-refractivity contribution is 7.92. The molecule has 1 N–H and O–H groups in total. The summed E-state index contributed by atoms with van der Waals surface area (Å²) in [6.07, 6.45) is 1.83. The van der Waals surface area contributed by atoms with Crippen LogP contribution in [0.25, 0.3) is 0 Å². The number of anilines is 1. The van der Waals surface area contributed by atoms with E-state index in [1.807, 2.05) is 19.1 Å². The van der Waals surface area contributed by atoms with Gasteiger partial charge in [0.15, 0.2) is 0 Å². The van der Waals surface area contributed by atoms with Gasteiger partial charge in [-0.05, 0) is 49.7 Å². The number of hydrogen-bond donors (Lipinski definition) is 1. The van der Waals surface area contributed by atoms with Crippen LogP contribution in [0, 0.1) is 6.92 Å². The van der Waals surface area contributed by atoms with Crippen molar-refractivity contribution in [3.05, 3.63) is 54.1 Å². The van der Waals surface area contributed by atoms with Crippen molar-refractivity contribution in [3.63, 3.8) is 0 Å². The number of nitrogens with one attached hydrogen (secondary N) is 1. The van der Waals surface area contributed by atoms with Crippen molar-refractivity contribution < 1.29 is 22.7 Å². The maximum absolute atomic E-state index is 12.1. The highest BCUT2D eigenvalue weighted by Gasteiger charge is 2.17. The van der Waals surface area contributed by atoms with Crippen LogP contribution in [0.3, 0.4) is 0 Å². The highest BCUT2D eigenvalue weighted by Crippen LogP contribution is 2.19. The number of carbonyl (C=O) groups is 1. The van der Waals surface area contributed by atoms with Gasteiger partial charge in [-0.15, -0.1) is 0 Å². The molecule has 0 bridgehead atoms. The number of rotatable bonds is 11. The van der Waals surface area contributed by atoms with Gasteiger partial charge in [-0.3, -0.25) is 9.10 Å². The Morgan fingerprint density at radius 1 is 1.03 bits per heavy atom. The fourth-order valence-electron chi connectivity index (χ4n) is 2.70. The molecule has 0 atom stereocenters. The zero-order valence-corrected chi connectivity index (χ0v) is 17.9. The number of sulfonamides is 1. The summed E-state index contributed by atoms with van der Waals surface area (Å²) in [5.41, 5.74) is 1.66. The quantitative estimate of drug-likeness (QED) is 0.565. The van der Waals surface area contributed by atoms with E-state index >= 15 is 0 Å². The molecule has 0 radical (unpaired) electrons. The summed E-state index contributed by atoms with van der Waals surface area (Å²) < 4.78 is 36.1. The normalized spacial score (nSPS) is 11.0. The summed E-state index contributed by atoms with van der Waals surface area (Å²) in [5, 5.41) is 2.78. The number of ether oxygens (including phenoxy) is 2. The van der Waals surface area contributed by atoms with Gasteiger partial charge < -0.3 is 14.8 Å². The number of methoxy groups -OCH3 is 1. The smallest absolute Gasteiger partial charge is 0.232 e. The number of carbonyl (C=O) groups excluding carboxylic acids is 1. The van der Waals surface area contributed by atoms with Crippen LogP contribution in [0.2, 0.25) is 0 Å². The van der Waals surface area contributed by atoms with Crippen molar-refractivity contribution in [2.75, 3.05) is 37.4 Å². The standard InChI is InChI=1S/C21H28N2O5S/c1-17-6-8-18(9-7-17)23(29(3,25)26)15-4-5-21(24)22-14-16-28-20-12-10-19(27-2)11-13-20/h6-13H,4-5,14-16H2,1-3H3,(H,22,24). The molecule has 2 aromatic carbocycles. The second-order valence-electron chi connectivity index (χ2n) is 6.65. The average molecular weight is 421 g/mol. The first-order chi connectivity index (χ1) is 13.8. The highest BCUT2D eigenvalue weighted by atomic mass is 32.2. The third-order valence-corrected chi connectivity index (χ3v) is 5.43. The van der Waals surface area contributed by atoms with Crippen LogP contribution in [0.15, 0.2) is 48.5 Å². The van der Waals surface area contributed by atoms with E-state index in [0.29, 0.717) is 31.0 Å². The fraction of sp³-hybridized carbons (Fsp3) is 0.381. The number of aryl methyl sites for hydroxylation is 1. The van der Waals surface area contributed by atoms with Gasteiger partial charge in [0.25, 0.3) is 0 Å². The molecule has 1 amide bonds. The van der Waals surface area contributed by atoms with Crippen molar-refractivity contribution in [2.24, 2.45) is 0 Å². The Labute approximate surface area is 172 Å². The monoisotopic (exact) mass is 420 g/mol. The molecule has 0 aromatic heterocycles. The third-order valence-electron chi connectivity index (χ3n) is 4.24. The minimum Gasteiger partial charge on any atom is -0.497 e. The first-order valence-corrected chi connectivity index (χ1v) is 11.2. The molecule has 0 aliphatic rings. The molecule has 7 nitrogen and oxygen atoms in total. The molecule has 0 saturated carbocycles. The molecule has 0 heterocycles. The lowest BCUT2D eigenvalue weighted by atomic mass is 10.2. The van der Waals surface area contributed by atoms with Gasteiger partial charge in [0.1, 0.15) is 18.1 Å². The topological polar surface area (TPSA) is 84.9 Å². The van der Waals surface area contributed by atoms with E-state index in [0.717, 1.165) is 11.3 Å². The van der Waals surface area contributed by atoms with Crippen molar-refractivity contribution in [3.8, 4) is 11.5 Å². The molecule has 0 unspecified atom stereocenters.